The Labute approximate surface area is 124 Å². The van der Waals surface area contributed by atoms with E-state index in [1.807, 2.05) is 0 Å². The van der Waals surface area contributed by atoms with Crippen molar-refractivity contribution in [2.75, 3.05) is 5.73 Å². The van der Waals surface area contributed by atoms with Gasteiger partial charge in [0.1, 0.15) is 0 Å². The second kappa shape index (κ2) is 5.80. The predicted octanol–water partition coefficient (Wildman–Crippen LogP) is 2.04. The fourth-order valence-corrected chi connectivity index (χ4v) is 1.97. The van der Waals surface area contributed by atoms with Crippen LogP contribution in [-0.4, -0.2) is 21.0 Å². The molecule has 2 aromatic rings. The van der Waals surface area contributed by atoms with Crippen LogP contribution < -0.4 is 11.1 Å². The summed E-state index contributed by atoms with van der Waals surface area (Å²) in [6.07, 6.45) is 3.20. The molecule has 110 valence electrons. The third-order valence-corrected chi connectivity index (χ3v) is 3.25. The van der Waals surface area contributed by atoms with Crippen LogP contribution in [0.3, 0.4) is 0 Å². The first-order chi connectivity index (χ1) is 9.90. The van der Waals surface area contributed by atoms with Crippen molar-refractivity contribution in [2.24, 2.45) is 0 Å². The highest BCUT2D eigenvalue weighted by Crippen LogP contribution is 2.29. The van der Waals surface area contributed by atoms with Crippen molar-refractivity contribution in [3.63, 3.8) is 0 Å². The largest absolute Gasteiger partial charge is 0.397 e. The van der Waals surface area contributed by atoms with Gasteiger partial charge in [-0.25, -0.2) is 0 Å². The fraction of sp³-hybridized carbons (Fsp3) is 0.167. The summed E-state index contributed by atoms with van der Waals surface area (Å²) in [7, 11) is 0. The number of aromatic nitrogens is 2. The monoisotopic (exact) mass is 309 g/mol. The lowest BCUT2D eigenvalue weighted by atomic mass is 10.1. The Morgan fingerprint density at radius 3 is 2.86 bits per heavy atom. The molecule has 0 bridgehead atoms. The molecule has 2 rings (SSSR count). The summed E-state index contributed by atoms with van der Waals surface area (Å²) in [6, 6.07) is 1.86. The van der Waals surface area contributed by atoms with Crippen molar-refractivity contribution in [3.8, 4) is 0 Å². The number of nitro benzene ring substituents is 1. The molecule has 21 heavy (non-hydrogen) atoms. The van der Waals surface area contributed by atoms with E-state index in [9.17, 15) is 14.9 Å². The number of nitrogens with two attached hydrogens (primary N) is 1. The molecule has 0 saturated heterocycles. The fourth-order valence-electron chi connectivity index (χ4n) is 1.75. The standard InChI is InChI=1S/C12H12ClN5O3/c1-6(7-4-15-16-5-7)17-12(19)9-2-8(18(20)21)3-10(13)11(9)14/h2-6H,14H2,1H3,(H,15,16)(H,17,19). The van der Waals surface area contributed by atoms with E-state index in [4.69, 9.17) is 17.3 Å². The first-order valence-electron chi connectivity index (χ1n) is 5.93. The molecule has 1 heterocycles. The van der Waals surface area contributed by atoms with Gasteiger partial charge in [0.15, 0.2) is 0 Å². The Morgan fingerprint density at radius 1 is 1.57 bits per heavy atom. The van der Waals surface area contributed by atoms with Gasteiger partial charge in [0.2, 0.25) is 0 Å². The highest BCUT2D eigenvalue weighted by Gasteiger charge is 2.20. The number of amides is 1. The van der Waals surface area contributed by atoms with E-state index in [-0.39, 0.29) is 28.0 Å². The summed E-state index contributed by atoms with van der Waals surface area (Å²) in [4.78, 5) is 22.4. The molecule has 1 amide bonds. The maximum Gasteiger partial charge on any atom is 0.271 e. The third-order valence-electron chi connectivity index (χ3n) is 2.94. The second-order valence-corrected chi connectivity index (χ2v) is 4.78. The van der Waals surface area contributed by atoms with Crippen molar-refractivity contribution in [3.05, 3.63) is 50.8 Å². The number of halogens is 1. The SMILES string of the molecule is CC(NC(=O)c1cc([N+](=O)[O-])cc(Cl)c1N)c1cn[nH]c1. The van der Waals surface area contributed by atoms with E-state index in [1.165, 1.54) is 0 Å². The van der Waals surface area contributed by atoms with E-state index < -0.39 is 10.8 Å². The number of anilines is 1. The number of hydrogen-bond donors (Lipinski definition) is 3. The van der Waals surface area contributed by atoms with Gasteiger partial charge in [0.25, 0.3) is 11.6 Å². The van der Waals surface area contributed by atoms with Gasteiger partial charge in [0, 0.05) is 23.9 Å². The van der Waals surface area contributed by atoms with Crippen molar-refractivity contribution in [1.82, 2.24) is 15.5 Å². The first kappa shape index (κ1) is 14.8. The van der Waals surface area contributed by atoms with Crippen LogP contribution in [0.1, 0.15) is 28.9 Å². The van der Waals surface area contributed by atoms with Crippen molar-refractivity contribution >= 4 is 28.9 Å². The number of benzene rings is 1. The van der Waals surface area contributed by atoms with Gasteiger partial charge in [-0.3, -0.25) is 20.0 Å². The molecule has 1 atom stereocenters. The predicted molar refractivity (Wildman–Crippen MR) is 77.0 cm³/mol. The lowest BCUT2D eigenvalue weighted by molar-refractivity contribution is -0.384. The van der Waals surface area contributed by atoms with Gasteiger partial charge < -0.3 is 11.1 Å². The highest BCUT2D eigenvalue weighted by atomic mass is 35.5. The average Bonchev–Trinajstić information content (AvgIpc) is 2.95. The number of non-ortho nitro benzene ring substituents is 1. The number of aromatic amines is 1. The summed E-state index contributed by atoms with van der Waals surface area (Å²) in [6.45, 7) is 1.75. The molecule has 9 heteroatoms. The number of nitrogens with zero attached hydrogens (tertiary/aromatic N) is 2. The Bertz CT molecular complexity index is 686. The lowest BCUT2D eigenvalue weighted by Gasteiger charge is -2.13. The minimum Gasteiger partial charge on any atom is -0.397 e. The summed E-state index contributed by atoms with van der Waals surface area (Å²) in [5.74, 6) is -0.549. The van der Waals surface area contributed by atoms with Crippen LogP contribution in [0, 0.1) is 10.1 Å². The molecule has 0 fully saturated rings. The number of nitro groups is 1. The third kappa shape index (κ3) is 3.11. The van der Waals surface area contributed by atoms with Gasteiger partial charge >= 0.3 is 0 Å². The van der Waals surface area contributed by atoms with Gasteiger partial charge in [-0.15, -0.1) is 0 Å². The zero-order chi connectivity index (χ0) is 15.6. The molecule has 0 aliphatic carbocycles. The van der Waals surface area contributed by atoms with E-state index >= 15 is 0 Å². The quantitative estimate of drug-likeness (QED) is 0.452. The van der Waals surface area contributed by atoms with Crippen LogP contribution in [0.2, 0.25) is 5.02 Å². The number of carbonyl (C=O) groups excluding carboxylic acids is 1. The van der Waals surface area contributed by atoms with Gasteiger partial charge in [-0.2, -0.15) is 5.10 Å². The average molecular weight is 310 g/mol. The molecule has 0 spiro atoms. The highest BCUT2D eigenvalue weighted by molar-refractivity contribution is 6.34. The summed E-state index contributed by atoms with van der Waals surface area (Å²) >= 11 is 5.82. The van der Waals surface area contributed by atoms with Crippen molar-refractivity contribution in [1.29, 1.82) is 0 Å². The molecule has 4 N–H and O–H groups in total. The van der Waals surface area contributed by atoms with Gasteiger partial charge in [-0.1, -0.05) is 11.6 Å². The van der Waals surface area contributed by atoms with E-state index in [0.29, 0.717) is 0 Å². The molecule has 1 aromatic heterocycles. The first-order valence-corrected chi connectivity index (χ1v) is 6.31. The smallest absolute Gasteiger partial charge is 0.271 e. The molecule has 0 saturated carbocycles. The number of H-pyrrole nitrogens is 1. The zero-order valence-corrected chi connectivity index (χ0v) is 11.7. The Morgan fingerprint density at radius 2 is 2.29 bits per heavy atom. The summed E-state index contributed by atoms with van der Waals surface area (Å²) in [5, 5.41) is 19.9. The number of hydrogen-bond acceptors (Lipinski definition) is 5. The molecular weight excluding hydrogens is 298 g/mol. The normalized spacial score (nSPS) is 11.9. The summed E-state index contributed by atoms with van der Waals surface area (Å²) < 4.78 is 0. The Kier molecular flexibility index (Phi) is 4.08. The molecule has 8 nitrogen and oxygen atoms in total. The molecular formula is C12H12ClN5O3. The molecule has 1 unspecified atom stereocenters. The zero-order valence-electron chi connectivity index (χ0n) is 11.0. The Hall–Kier alpha value is -2.61. The molecule has 0 radical (unpaired) electrons. The van der Waals surface area contributed by atoms with Gasteiger partial charge in [0.05, 0.1) is 33.4 Å². The van der Waals surface area contributed by atoms with Crippen LogP contribution in [0.15, 0.2) is 24.5 Å². The van der Waals surface area contributed by atoms with Crippen LogP contribution in [0.4, 0.5) is 11.4 Å². The van der Waals surface area contributed by atoms with Crippen LogP contribution in [0.5, 0.6) is 0 Å². The topological polar surface area (TPSA) is 127 Å². The number of nitrogens with one attached hydrogen (secondary N) is 2. The van der Waals surface area contributed by atoms with E-state index in [1.54, 1.807) is 19.3 Å². The van der Waals surface area contributed by atoms with Crippen molar-refractivity contribution < 1.29 is 9.72 Å². The second-order valence-electron chi connectivity index (χ2n) is 4.37. The number of rotatable bonds is 4. The van der Waals surface area contributed by atoms with E-state index in [0.717, 1.165) is 17.7 Å². The molecule has 1 aromatic carbocycles. The van der Waals surface area contributed by atoms with E-state index in [2.05, 4.69) is 15.5 Å². The number of nitrogen functional groups attached to an aromatic ring is 1. The molecule has 0 aliphatic heterocycles. The minimum absolute atomic E-state index is 0.000778. The minimum atomic E-state index is -0.637. The van der Waals surface area contributed by atoms with Gasteiger partial charge in [-0.05, 0) is 6.92 Å². The van der Waals surface area contributed by atoms with Crippen molar-refractivity contribution in [2.45, 2.75) is 13.0 Å². The van der Waals surface area contributed by atoms with Crippen LogP contribution in [-0.2, 0) is 0 Å². The van der Waals surface area contributed by atoms with Crippen LogP contribution in [0.25, 0.3) is 0 Å². The number of carbonyl (C=O) groups is 1. The summed E-state index contributed by atoms with van der Waals surface area (Å²) in [5.41, 5.74) is 6.14. The molecule has 0 aliphatic rings. The Balaban J connectivity index is 2.28. The lowest BCUT2D eigenvalue weighted by Crippen LogP contribution is -2.27. The van der Waals surface area contributed by atoms with Crippen LogP contribution >= 0.6 is 11.6 Å². The maximum atomic E-state index is 12.2. The maximum absolute atomic E-state index is 12.2.